The maximum Gasteiger partial charge on any atom is 0.416 e. The van der Waals surface area contributed by atoms with Gasteiger partial charge in [-0.25, -0.2) is 8.42 Å². The number of sulfonamides is 1. The summed E-state index contributed by atoms with van der Waals surface area (Å²) in [5.41, 5.74) is -1.16. The lowest BCUT2D eigenvalue weighted by Gasteiger charge is -2.32. The van der Waals surface area contributed by atoms with E-state index >= 15 is 0 Å². The zero-order valence-corrected chi connectivity index (χ0v) is 23.0. The number of rotatable bonds is 10. The van der Waals surface area contributed by atoms with Gasteiger partial charge in [0, 0.05) is 18.1 Å². The van der Waals surface area contributed by atoms with Crippen molar-refractivity contribution in [2.45, 2.75) is 39.5 Å². The third kappa shape index (κ3) is 8.51. The molecule has 0 saturated heterocycles. The van der Waals surface area contributed by atoms with Gasteiger partial charge in [0.25, 0.3) is 0 Å². The van der Waals surface area contributed by atoms with Crippen LogP contribution in [0.3, 0.4) is 0 Å². The minimum atomic E-state index is -4.77. The molecule has 0 aliphatic carbocycles. The van der Waals surface area contributed by atoms with E-state index < -0.39 is 51.9 Å². The van der Waals surface area contributed by atoms with E-state index in [1.165, 1.54) is 6.92 Å². The van der Waals surface area contributed by atoms with E-state index in [0.717, 1.165) is 17.2 Å². The number of hydrogen-bond donors (Lipinski definition) is 1. The highest BCUT2D eigenvalue weighted by molar-refractivity contribution is 7.92. The summed E-state index contributed by atoms with van der Waals surface area (Å²) < 4.78 is 65.6. The van der Waals surface area contributed by atoms with Gasteiger partial charge < -0.3 is 10.2 Å². The Hall–Kier alpha value is -2.50. The van der Waals surface area contributed by atoms with Crippen molar-refractivity contribution in [3.8, 4) is 0 Å². The van der Waals surface area contributed by atoms with Gasteiger partial charge in [0.2, 0.25) is 21.8 Å². The Morgan fingerprint density at radius 3 is 2.19 bits per heavy atom. The van der Waals surface area contributed by atoms with Gasteiger partial charge in [0.05, 0.1) is 22.5 Å². The van der Waals surface area contributed by atoms with Crippen molar-refractivity contribution in [3.05, 3.63) is 63.6 Å². The second-order valence-electron chi connectivity index (χ2n) is 8.86. The topological polar surface area (TPSA) is 86.8 Å². The molecule has 0 saturated carbocycles. The largest absolute Gasteiger partial charge is 0.416 e. The zero-order valence-electron chi connectivity index (χ0n) is 20.6. The molecular weight excluding hydrogens is 554 g/mol. The van der Waals surface area contributed by atoms with Gasteiger partial charge in [0.15, 0.2) is 0 Å². The fourth-order valence-corrected chi connectivity index (χ4v) is 4.64. The van der Waals surface area contributed by atoms with Gasteiger partial charge in [-0.05, 0) is 42.7 Å². The fraction of sp³-hybridized carbons (Fsp3) is 0.417. The molecule has 1 atom stereocenters. The van der Waals surface area contributed by atoms with Crippen molar-refractivity contribution < 1.29 is 31.2 Å². The number of carbonyl (C=O) groups is 2. The van der Waals surface area contributed by atoms with Gasteiger partial charge in [0.1, 0.15) is 12.6 Å². The zero-order chi connectivity index (χ0) is 28.1. The molecule has 2 amide bonds. The van der Waals surface area contributed by atoms with Crippen LogP contribution < -0.4 is 9.62 Å². The molecule has 2 rings (SSSR count). The minimum absolute atomic E-state index is 0.132. The van der Waals surface area contributed by atoms with E-state index in [4.69, 9.17) is 23.2 Å². The molecule has 1 N–H and O–H groups in total. The third-order valence-electron chi connectivity index (χ3n) is 5.37. The maximum absolute atomic E-state index is 13.5. The molecule has 0 bridgehead atoms. The van der Waals surface area contributed by atoms with Crippen LogP contribution in [-0.4, -0.2) is 50.5 Å². The summed E-state index contributed by atoms with van der Waals surface area (Å²) >= 11 is 12.3. The molecule has 0 spiro atoms. The van der Waals surface area contributed by atoms with E-state index in [9.17, 15) is 31.2 Å². The van der Waals surface area contributed by atoms with Crippen LogP contribution in [0.4, 0.5) is 18.9 Å². The summed E-state index contributed by atoms with van der Waals surface area (Å²) in [7, 11) is -4.27. The van der Waals surface area contributed by atoms with Crippen LogP contribution in [0.5, 0.6) is 0 Å². The van der Waals surface area contributed by atoms with E-state index in [2.05, 4.69) is 5.32 Å². The van der Waals surface area contributed by atoms with Gasteiger partial charge in [-0.15, -0.1) is 0 Å². The van der Waals surface area contributed by atoms with Crippen LogP contribution in [0, 0.1) is 5.92 Å². The smallest absolute Gasteiger partial charge is 0.354 e. The number of nitrogens with one attached hydrogen (secondary N) is 1. The summed E-state index contributed by atoms with van der Waals surface area (Å²) in [4.78, 5) is 27.4. The Kier molecular flexibility index (Phi) is 10.3. The monoisotopic (exact) mass is 581 g/mol. The van der Waals surface area contributed by atoms with Gasteiger partial charge in [-0.2, -0.15) is 13.2 Å². The molecule has 0 fully saturated rings. The first-order valence-electron chi connectivity index (χ1n) is 11.2. The predicted octanol–water partition coefficient (Wildman–Crippen LogP) is 4.97. The number of hydrogen-bond acceptors (Lipinski definition) is 4. The average Bonchev–Trinajstić information content (AvgIpc) is 2.79. The first-order chi connectivity index (χ1) is 17.0. The molecule has 0 aromatic heterocycles. The van der Waals surface area contributed by atoms with E-state index in [0.29, 0.717) is 33.6 Å². The third-order valence-corrected chi connectivity index (χ3v) is 7.19. The first-order valence-corrected chi connectivity index (χ1v) is 13.8. The molecule has 37 heavy (non-hydrogen) atoms. The van der Waals surface area contributed by atoms with E-state index in [1.807, 2.05) is 13.8 Å². The van der Waals surface area contributed by atoms with Crippen molar-refractivity contribution in [1.82, 2.24) is 10.2 Å². The normalized spacial score (nSPS) is 12.8. The SMILES string of the molecule is CC(C)CNC(=O)C(C)N(Cc1ccccc1Cl)C(=O)CN(c1cc(C(F)(F)F)ccc1Cl)S(C)(=O)=O. The van der Waals surface area contributed by atoms with Crippen molar-refractivity contribution >= 4 is 50.7 Å². The lowest BCUT2D eigenvalue weighted by molar-refractivity contribution is -0.139. The molecule has 2 aromatic rings. The Balaban J connectivity index is 2.49. The molecule has 0 radical (unpaired) electrons. The predicted molar refractivity (Wildman–Crippen MR) is 138 cm³/mol. The van der Waals surface area contributed by atoms with Crippen LogP contribution in [-0.2, 0) is 32.3 Å². The van der Waals surface area contributed by atoms with Crippen LogP contribution in [0.1, 0.15) is 31.9 Å². The molecule has 2 aromatic carbocycles. The van der Waals surface area contributed by atoms with Gasteiger partial charge in [-0.3, -0.25) is 13.9 Å². The summed E-state index contributed by atoms with van der Waals surface area (Å²) in [6, 6.07) is 7.71. The molecule has 7 nitrogen and oxygen atoms in total. The van der Waals surface area contributed by atoms with Crippen LogP contribution >= 0.6 is 23.2 Å². The molecule has 1 unspecified atom stereocenters. The maximum atomic E-state index is 13.5. The lowest BCUT2D eigenvalue weighted by Crippen LogP contribution is -2.51. The van der Waals surface area contributed by atoms with Crippen molar-refractivity contribution in [2.24, 2.45) is 5.92 Å². The number of nitrogens with zero attached hydrogens (tertiary/aromatic N) is 2. The van der Waals surface area contributed by atoms with E-state index in [-0.39, 0.29) is 17.5 Å². The number of benzene rings is 2. The average molecular weight is 582 g/mol. The highest BCUT2D eigenvalue weighted by Gasteiger charge is 2.34. The Bertz CT molecular complexity index is 1240. The fourth-order valence-electron chi connectivity index (χ4n) is 3.32. The summed E-state index contributed by atoms with van der Waals surface area (Å²) in [6.07, 6.45) is -4.03. The molecule has 0 aliphatic rings. The van der Waals surface area contributed by atoms with E-state index in [1.54, 1.807) is 24.3 Å². The van der Waals surface area contributed by atoms with Crippen LogP contribution in [0.25, 0.3) is 0 Å². The standard InChI is InChI=1S/C24H28Cl2F3N3O4S/c1-15(2)12-30-23(34)16(3)31(13-17-7-5-6-8-19(17)25)22(33)14-32(37(4,35)36)21-11-18(24(27,28)29)9-10-20(21)26/h5-11,15-16H,12-14H2,1-4H3,(H,30,34). The summed E-state index contributed by atoms with van der Waals surface area (Å²) in [5, 5.41) is 2.74. The second kappa shape index (κ2) is 12.4. The number of carbonyl (C=O) groups excluding carboxylic acids is 2. The molecular formula is C24H28Cl2F3N3O4S. The Labute approximate surface area is 224 Å². The second-order valence-corrected chi connectivity index (χ2v) is 11.6. The molecule has 0 aliphatic heterocycles. The van der Waals surface area contributed by atoms with Gasteiger partial charge >= 0.3 is 6.18 Å². The van der Waals surface area contributed by atoms with Crippen LogP contribution in [0.2, 0.25) is 10.0 Å². The molecule has 13 heteroatoms. The Morgan fingerprint density at radius 1 is 1.03 bits per heavy atom. The van der Waals surface area contributed by atoms with Crippen LogP contribution in [0.15, 0.2) is 42.5 Å². The summed E-state index contributed by atoms with van der Waals surface area (Å²) in [6.45, 7) is 4.54. The quantitative estimate of drug-likeness (QED) is 0.429. The van der Waals surface area contributed by atoms with Crippen molar-refractivity contribution in [3.63, 3.8) is 0 Å². The van der Waals surface area contributed by atoms with Crippen molar-refractivity contribution in [1.29, 1.82) is 0 Å². The minimum Gasteiger partial charge on any atom is -0.354 e. The molecule has 204 valence electrons. The highest BCUT2D eigenvalue weighted by atomic mass is 35.5. The highest BCUT2D eigenvalue weighted by Crippen LogP contribution is 2.36. The number of alkyl halides is 3. The van der Waals surface area contributed by atoms with Crippen molar-refractivity contribution in [2.75, 3.05) is 23.7 Å². The summed E-state index contributed by atoms with van der Waals surface area (Å²) in [5.74, 6) is -1.20. The number of halogens is 5. The Morgan fingerprint density at radius 2 is 1.65 bits per heavy atom. The number of anilines is 1. The lowest BCUT2D eigenvalue weighted by atomic mass is 10.1. The number of amides is 2. The first kappa shape index (κ1) is 30.7. The molecule has 0 heterocycles. The van der Waals surface area contributed by atoms with Gasteiger partial charge in [-0.1, -0.05) is 55.2 Å².